The number of rotatable bonds is 6. The predicted octanol–water partition coefficient (Wildman–Crippen LogP) is 1.40. The van der Waals surface area contributed by atoms with Crippen LogP contribution in [0.15, 0.2) is 0 Å². The summed E-state index contributed by atoms with van der Waals surface area (Å²) < 4.78 is 5.09. The standard InChI is InChI=1S/C14H26N2O2/c1-16(2)10-8-11-5-4-9-14(11,13(17)18-3)15-12-6-7-12/h11-12,15H,4-10H2,1-3H3. The van der Waals surface area contributed by atoms with E-state index in [-0.39, 0.29) is 5.97 Å². The Morgan fingerprint density at radius 3 is 2.67 bits per heavy atom. The number of esters is 1. The first kappa shape index (κ1) is 13.8. The van der Waals surface area contributed by atoms with Crippen LogP contribution in [0.5, 0.6) is 0 Å². The highest BCUT2D eigenvalue weighted by Crippen LogP contribution is 2.41. The van der Waals surface area contributed by atoms with Gasteiger partial charge in [0.1, 0.15) is 5.54 Å². The Hall–Kier alpha value is -0.610. The van der Waals surface area contributed by atoms with Crippen LogP contribution in [0.1, 0.15) is 38.5 Å². The van der Waals surface area contributed by atoms with Crippen molar-refractivity contribution in [3.8, 4) is 0 Å². The number of ether oxygens (including phenoxy) is 1. The van der Waals surface area contributed by atoms with Gasteiger partial charge in [-0.2, -0.15) is 0 Å². The Kier molecular flexibility index (Phi) is 4.28. The second-order valence-corrected chi connectivity index (χ2v) is 6.06. The summed E-state index contributed by atoms with van der Waals surface area (Å²) >= 11 is 0. The second kappa shape index (κ2) is 5.57. The fourth-order valence-corrected chi connectivity index (χ4v) is 3.17. The van der Waals surface area contributed by atoms with E-state index in [2.05, 4.69) is 24.3 Å². The van der Waals surface area contributed by atoms with Gasteiger partial charge in [-0.25, -0.2) is 0 Å². The number of hydrogen-bond acceptors (Lipinski definition) is 4. The molecule has 2 aliphatic carbocycles. The van der Waals surface area contributed by atoms with E-state index in [1.54, 1.807) is 0 Å². The first-order valence-corrected chi connectivity index (χ1v) is 7.09. The first-order valence-electron chi connectivity index (χ1n) is 7.09. The van der Waals surface area contributed by atoms with Crippen molar-refractivity contribution in [3.05, 3.63) is 0 Å². The maximum absolute atomic E-state index is 12.3. The van der Waals surface area contributed by atoms with Crippen LogP contribution in [0, 0.1) is 5.92 Å². The zero-order valence-corrected chi connectivity index (χ0v) is 11.9. The summed E-state index contributed by atoms with van der Waals surface area (Å²) in [6, 6.07) is 0.545. The van der Waals surface area contributed by atoms with Crippen molar-refractivity contribution in [2.24, 2.45) is 5.92 Å². The van der Waals surface area contributed by atoms with E-state index in [0.29, 0.717) is 12.0 Å². The van der Waals surface area contributed by atoms with E-state index in [1.807, 2.05) is 0 Å². The third-order valence-corrected chi connectivity index (χ3v) is 4.33. The molecular formula is C14H26N2O2. The van der Waals surface area contributed by atoms with E-state index < -0.39 is 5.54 Å². The fourth-order valence-electron chi connectivity index (χ4n) is 3.17. The van der Waals surface area contributed by atoms with Crippen LogP contribution in [-0.2, 0) is 9.53 Å². The van der Waals surface area contributed by atoms with Crippen molar-refractivity contribution in [1.29, 1.82) is 0 Å². The van der Waals surface area contributed by atoms with Gasteiger partial charge in [-0.15, -0.1) is 0 Å². The lowest BCUT2D eigenvalue weighted by Gasteiger charge is -2.34. The van der Waals surface area contributed by atoms with Crippen LogP contribution in [0.4, 0.5) is 0 Å². The van der Waals surface area contributed by atoms with Gasteiger partial charge in [0.05, 0.1) is 7.11 Å². The third-order valence-electron chi connectivity index (χ3n) is 4.33. The van der Waals surface area contributed by atoms with Gasteiger partial charge < -0.3 is 9.64 Å². The molecule has 18 heavy (non-hydrogen) atoms. The number of carbonyl (C=O) groups excluding carboxylic acids is 1. The highest BCUT2D eigenvalue weighted by Gasteiger charge is 2.51. The molecule has 0 heterocycles. The average Bonchev–Trinajstić information content (AvgIpc) is 3.05. The van der Waals surface area contributed by atoms with Gasteiger partial charge in [-0.05, 0) is 58.7 Å². The summed E-state index contributed by atoms with van der Waals surface area (Å²) in [6.07, 6.45) is 6.70. The molecule has 0 aliphatic heterocycles. The topological polar surface area (TPSA) is 41.6 Å². The molecule has 2 saturated carbocycles. The number of methoxy groups -OCH3 is 1. The summed E-state index contributed by atoms with van der Waals surface area (Å²) in [5, 5.41) is 3.60. The summed E-state index contributed by atoms with van der Waals surface area (Å²) in [6.45, 7) is 1.04. The van der Waals surface area contributed by atoms with Gasteiger partial charge in [0.2, 0.25) is 0 Å². The molecule has 0 radical (unpaired) electrons. The zero-order valence-electron chi connectivity index (χ0n) is 11.9. The van der Waals surface area contributed by atoms with E-state index >= 15 is 0 Å². The molecule has 2 rings (SSSR count). The van der Waals surface area contributed by atoms with Crippen LogP contribution in [0.3, 0.4) is 0 Å². The smallest absolute Gasteiger partial charge is 0.326 e. The summed E-state index contributed by atoms with van der Waals surface area (Å²) in [5.41, 5.74) is -0.397. The minimum atomic E-state index is -0.397. The molecule has 2 aliphatic rings. The Balaban J connectivity index is 2.06. The minimum Gasteiger partial charge on any atom is -0.468 e. The van der Waals surface area contributed by atoms with Gasteiger partial charge in [0.25, 0.3) is 0 Å². The summed E-state index contributed by atoms with van der Waals surface area (Å²) in [7, 11) is 5.69. The summed E-state index contributed by atoms with van der Waals surface area (Å²) in [5.74, 6) is 0.378. The van der Waals surface area contributed by atoms with Crippen molar-refractivity contribution in [1.82, 2.24) is 10.2 Å². The lowest BCUT2D eigenvalue weighted by Crippen LogP contribution is -2.56. The summed E-state index contributed by atoms with van der Waals surface area (Å²) in [4.78, 5) is 14.4. The van der Waals surface area contributed by atoms with Crippen LogP contribution < -0.4 is 5.32 Å². The van der Waals surface area contributed by atoms with Gasteiger partial charge in [0.15, 0.2) is 0 Å². The lowest BCUT2D eigenvalue weighted by molar-refractivity contribution is -0.150. The maximum Gasteiger partial charge on any atom is 0.326 e. The molecule has 104 valence electrons. The molecule has 0 bridgehead atoms. The Morgan fingerprint density at radius 2 is 2.11 bits per heavy atom. The highest BCUT2D eigenvalue weighted by atomic mass is 16.5. The molecule has 4 heteroatoms. The molecule has 0 aromatic rings. The normalized spacial score (nSPS) is 31.9. The first-order chi connectivity index (χ1) is 8.58. The van der Waals surface area contributed by atoms with E-state index in [4.69, 9.17) is 4.74 Å². The highest BCUT2D eigenvalue weighted by molar-refractivity contribution is 5.81. The zero-order chi connectivity index (χ0) is 13.2. The molecule has 0 aromatic heterocycles. The van der Waals surface area contributed by atoms with Crippen molar-refractivity contribution in [2.45, 2.75) is 50.1 Å². The second-order valence-electron chi connectivity index (χ2n) is 6.06. The van der Waals surface area contributed by atoms with Crippen molar-refractivity contribution < 1.29 is 9.53 Å². The monoisotopic (exact) mass is 254 g/mol. The molecule has 2 atom stereocenters. The molecule has 2 fully saturated rings. The maximum atomic E-state index is 12.3. The Morgan fingerprint density at radius 1 is 1.39 bits per heavy atom. The lowest BCUT2D eigenvalue weighted by atomic mass is 9.84. The fraction of sp³-hybridized carbons (Fsp3) is 0.929. The van der Waals surface area contributed by atoms with Crippen molar-refractivity contribution in [2.75, 3.05) is 27.7 Å². The van der Waals surface area contributed by atoms with E-state index in [9.17, 15) is 4.79 Å². The average molecular weight is 254 g/mol. The van der Waals surface area contributed by atoms with Crippen LogP contribution >= 0.6 is 0 Å². The van der Waals surface area contributed by atoms with Gasteiger partial charge in [-0.3, -0.25) is 10.1 Å². The molecule has 0 aromatic carbocycles. The van der Waals surface area contributed by atoms with Crippen LogP contribution in [-0.4, -0.2) is 50.2 Å². The molecule has 2 unspecified atom stereocenters. The Bertz CT molecular complexity index is 302. The number of nitrogens with one attached hydrogen (secondary N) is 1. The molecule has 4 nitrogen and oxygen atoms in total. The van der Waals surface area contributed by atoms with E-state index in [0.717, 1.165) is 32.2 Å². The SMILES string of the molecule is COC(=O)C1(NC2CC2)CCCC1CCN(C)C. The number of hydrogen-bond donors (Lipinski definition) is 1. The molecule has 0 amide bonds. The van der Waals surface area contributed by atoms with Crippen LogP contribution in [0.25, 0.3) is 0 Å². The largest absolute Gasteiger partial charge is 0.468 e. The molecular weight excluding hydrogens is 228 g/mol. The van der Waals surface area contributed by atoms with Crippen molar-refractivity contribution >= 4 is 5.97 Å². The molecule has 0 spiro atoms. The van der Waals surface area contributed by atoms with Gasteiger partial charge in [0, 0.05) is 6.04 Å². The third kappa shape index (κ3) is 2.86. The van der Waals surface area contributed by atoms with E-state index in [1.165, 1.54) is 20.0 Å². The number of carbonyl (C=O) groups is 1. The van der Waals surface area contributed by atoms with Crippen molar-refractivity contribution in [3.63, 3.8) is 0 Å². The Labute approximate surface area is 110 Å². The molecule has 1 N–H and O–H groups in total. The quantitative estimate of drug-likeness (QED) is 0.728. The van der Waals surface area contributed by atoms with Crippen LogP contribution in [0.2, 0.25) is 0 Å². The number of nitrogens with zero attached hydrogens (tertiary/aromatic N) is 1. The van der Waals surface area contributed by atoms with Gasteiger partial charge in [-0.1, -0.05) is 6.42 Å². The predicted molar refractivity (Wildman–Crippen MR) is 71.4 cm³/mol. The minimum absolute atomic E-state index is 0.0457. The molecule has 0 saturated heterocycles. The van der Waals surface area contributed by atoms with Gasteiger partial charge >= 0.3 is 5.97 Å².